The van der Waals surface area contributed by atoms with Crippen molar-refractivity contribution in [2.24, 2.45) is 11.8 Å². The van der Waals surface area contributed by atoms with Gasteiger partial charge in [-0.25, -0.2) is 0 Å². The van der Waals surface area contributed by atoms with Gasteiger partial charge in [0.25, 0.3) is 5.91 Å². The molecule has 39 heavy (non-hydrogen) atoms. The zero-order valence-electron chi connectivity index (χ0n) is 22.4. The summed E-state index contributed by atoms with van der Waals surface area (Å²) in [7, 11) is 0. The molecular weight excluding hydrogens is 496 g/mol. The zero-order valence-corrected chi connectivity index (χ0v) is 22.4. The SMILES string of the molecule is CC(C)c1cc(C#N)ccc1OCCOCC(=O)N1CC[C@@H]2CN(C(=O)c3ccc4n[nH]nc4c3)C[C@@H]2CC1. The average Bonchev–Trinajstić information content (AvgIpc) is 3.54. The maximum absolute atomic E-state index is 13.1. The smallest absolute Gasteiger partial charge is 0.253 e. The van der Waals surface area contributed by atoms with Gasteiger partial charge in [0.05, 0.1) is 18.2 Å². The molecule has 2 fully saturated rings. The van der Waals surface area contributed by atoms with Crippen molar-refractivity contribution in [2.45, 2.75) is 32.6 Å². The molecule has 0 unspecified atom stereocenters. The van der Waals surface area contributed by atoms with Gasteiger partial charge < -0.3 is 19.3 Å². The van der Waals surface area contributed by atoms with Crippen LogP contribution in [0.4, 0.5) is 0 Å². The molecule has 2 atom stereocenters. The summed E-state index contributed by atoms with van der Waals surface area (Å²) in [5, 5.41) is 19.9. The van der Waals surface area contributed by atoms with Crippen LogP contribution >= 0.6 is 0 Å². The molecule has 0 spiro atoms. The molecule has 5 rings (SSSR count). The van der Waals surface area contributed by atoms with Crippen LogP contribution in [0.1, 0.15) is 54.1 Å². The van der Waals surface area contributed by atoms with Crippen molar-refractivity contribution in [3.63, 3.8) is 0 Å². The van der Waals surface area contributed by atoms with Gasteiger partial charge in [0.15, 0.2) is 0 Å². The molecule has 0 radical (unpaired) electrons. The van der Waals surface area contributed by atoms with Crippen molar-refractivity contribution >= 4 is 22.8 Å². The van der Waals surface area contributed by atoms with Gasteiger partial charge in [-0.1, -0.05) is 13.8 Å². The van der Waals surface area contributed by atoms with E-state index in [0.29, 0.717) is 67.9 Å². The van der Waals surface area contributed by atoms with E-state index in [4.69, 9.17) is 14.7 Å². The highest BCUT2D eigenvalue weighted by atomic mass is 16.5. The number of amides is 2. The van der Waals surface area contributed by atoms with Crippen LogP contribution in [0.3, 0.4) is 0 Å². The van der Waals surface area contributed by atoms with E-state index < -0.39 is 0 Å². The molecule has 204 valence electrons. The number of aromatic amines is 1. The quantitative estimate of drug-likeness (QED) is 0.443. The number of hydrogen-bond donors (Lipinski definition) is 1. The second-order valence-corrected chi connectivity index (χ2v) is 10.6. The van der Waals surface area contributed by atoms with Crippen molar-refractivity contribution < 1.29 is 19.1 Å². The van der Waals surface area contributed by atoms with Crippen LogP contribution in [0.25, 0.3) is 11.0 Å². The summed E-state index contributed by atoms with van der Waals surface area (Å²) in [6, 6.07) is 13.0. The van der Waals surface area contributed by atoms with Crippen molar-refractivity contribution in [1.82, 2.24) is 25.2 Å². The number of fused-ring (bicyclic) bond motifs is 2. The van der Waals surface area contributed by atoms with Crippen LogP contribution in [0, 0.1) is 23.2 Å². The molecule has 3 aromatic rings. The Morgan fingerprint density at radius 1 is 1.03 bits per heavy atom. The van der Waals surface area contributed by atoms with E-state index in [2.05, 4.69) is 35.3 Å². The normalized spacial score (nSPS) is 19.1. The maximum Gasteiger partial charge on any atom is 0.253 e. The first kappa shape index (κ1) is 26.6. The lowest BCUT2D eigenvalue weighted by molar-refractivity contribution is -0.136. The summed E-state index contributed by atoms with van der Waals surface area (Å²) in [6.45, 7) is 7.55. The highest BCUT2D eigenvalue weighted by molar-refractivity contribution is 5.97. The molecule has 2 aliphatic rings. The lowest BCUT2D eigenvalue weighted by atomic mass is 9.92. The average molecular weight is 531 g/mol. The second-order valence-electron chi connectivity index (χ2n) is 10.6. The number of H-pyrrole nitrogens is 1. The third kappa shape index (κ3) is 6.04. The van der Waals surface area contributed by atoms with Crippen LogP contribution in [0.2, 0.25) is 0 Å². The monoisotopic (exact) mass is 530 g/mol. The number of nitrogens with one attached hydrogen (secondary N) is 1. The Bertz CT molecular complexity index is 1360. The summed E-state index contributed by atoms with van der Waals surface area (Å²) in [4.78, 5) is 29.8. The van der Waals surface area contributed by atoms with Crippen LogP contribution in [0.5, 0.6) is 5.75 Å². The van der Waals surface area contributed by atoms with Crippen molar-refractivity contribution in [3.8, 4) is 11.8 Å². The molecule has 2 aromatic carbocycles. The van der Waals surface area contributed by atoms with Crippen molar-refractivity contribution in [3.05, 3.63) is 53.1 Å². The van der Waals surface area contributed by atoms with Crippen LogP contribution in [-0.4, -0.2) is 83.0 Å². The number of nitriles is 1. The summed E-state index contributed by atoms with van der Waals surface area (Å²) in [5.41, 5.74) is 3.65. The molecular formula is C29H34N6O4. The number of ether oxygens (including phenoxy) is 2. The predicted octanol–water partition coefficient (Wildman–Crippen LogP) is 3.36. The third-order valence-electron chi connectivity index (χ3n) is 7.79. The fourth-order valence-corrected chi connectivity index (χ4v) is 5.58. The second kappa shape index (κ2) is 11.8. The number of carbonyl (C=O) groups is 2. The molecule has 1 N–H and O–H groups in total. The minimum Gasteiger partial charge on any atom is -0.491 e. The standard InChI is InChI=1S/C29H34N6O4/c1-19(2)24-13-20(15-30)3-6-27(24)39-12-11-38-18-28(36)34-9-7-22-16-35(17-23(22)8-10-34)29(37)21-4-5-25-26(14-21)32-33-31-25/h3-6,13-14,19,22-23H,7-12,16-18H2,1-2H3,(H,31,32,33)/t22-,23+. The number of rotatable bonds is 8. The lowest BCUT2D eigenvalue weighted by Crippen LogP contribution is -2.36. The van der Waals surface area contributed by atoms with Gasteiger partial charge in [-0.2, -0.15) is 20.7 Å². The fourth-order valence-electron chi connectivity index (χ4n) is 5.58. The molecule has 0 saturated carbocycles. The molecule has 3 heterocycles. The lowest BCUT2D eigenvalue weighted by Gasteiger charge is -2.22. The Hall–Kier alpha value is -3.97. The third-order valence-corrected chi connectivity index (χ3v) is 7.79. The van der Waals surface area contributed by atoms with Crippen molar-refractivity contribution in [1.29, 1.82) is 5.26 Å². The Labute approximate surface area is 227 Å². The molecule has 0 aliphatic carbocycles. The summed E-state index contributed by atoms with van der Waals surface area (Å²) < 4.78 is 11.5. The molecule has 2 saturated heterocycles. The molecule has 10 nitrogen and oxygen atoms in total. The predicted molar refractivity (Wildman–Crippen MR) is 144 cm³/mol. The van der Waals surface area contributed by atoms with Gasteiger partial charge in [0.2, 0.25) is 5.91 Å². The van der Waals surface area contributed by atoms with Crippen LogP contribution in [-0.2, 0) is 9.53 Å². The van der Waals surface area contributed by atoms with Crippen LogP contribution < -0.4 is 4.74 Å². The first-order valence-corrected chi connectivity index (χ1v) is 13.5. The number of benzene rings is 2. The number of hydrogen-bond acceptors (Lipinski definition) is 7. The minimum atomic E-state index is -0.00920. The molecule has 10 heteroatoms. The van der Waals surface area contributed by atoms with E-state index in [0.717, 1.165) is 29.7 Å². The van der Waals surface area contributed by atoms with E-state index >= 15 is 0 Å². The van der Waals surface area contributed by atoms with E-state index in [-0.39, 0.29) is 24.3 Å². The van der Waals surface area contributed by atoms with Gasteiger partial charge in [-0.3, -0.25) is 9.59 Å². The number of nitrogens with zero attached hydrogens (tertiary/aromatic N) is 5. The Morgan fingerprint density at radius 3 is 2.49 bits per heavy atom. The Balaban J connectivity index is 1.05. The number of carbonyl (C=O) groups excluding carboxylic acids is 2. The minimum absolute atomic E-state index is 0.00920. The summed E-state index contributed by atoms with van der Waals surface area (Å²) in [5.74, 6) is 1.76. The first-order chi connectivity index (χ1) is 18.9. The van der Waals surface area contributed by atoms with E-state index in [1.807, 2.05) is 28.0 Å². The fraction of sp³-hybridized carbons (Fsp3) is 0.483. The van der Waals surface area contributed by atoms with Gasteiger partial charge in [0, 0.05) is 31.7 Å². The maximum atomic E-state index is 13.1. The largest absolute Gasteiger partial charge is 0.491 e. The number of aromatic nitrogens is 3. The van der Waals surface area contributed by atoms with E-state index in [9.17, 15) is 9.59 Å². The van der Waals surface area contributed by atoms with Gasteiger partial charge >= 0.3 is 0 Å². The highest BCUT2D eigenvalue weighted by Crippen LogP contribution is 2.33. The molecule has 1 aromatic heterocycles. The summed E-state index contributed by atoms with van der Waals surface area (Å²) in [6.07, 6.45) is 1.75. The zero-order chi connectivity index (χ0) is 27.4. The molecule has 0 bridgehead atoms. The Morgan fingerprint density at radius 2 is 1.77 bits per heavy atom. The Kier molecular flexibility index (Phi) is 8.07. The van der Waals surface area contributed by atoms with Crippen LogP contribution in [0.15, 0.2) is 36.4 Å². The van der Waals surface area contributed by atoms with Gasteiger partial charge in [-0.05, 0) is 72.6 Å². The van der Waals surface area contributed by atoms with E-state index in [1.54, 1.807) is 18.2 Å². The first-order valence-electron chi connectivity index (χ1n) is 13.5. The van der Waals surface area contributed by atoms with Crippen molar-refractivity contribution in [2.75, 3.05) is 46.0 Å². The topological polar surface area (TPSA) is 124 Å². The molecule has 2 aliphatic heterocycles. The van der Waals surface area contributed by atoms with Gasteiger partial charge in [0.1, 0.15) is 30.0 Å². The van der Waals surface area contributed by atoms with E-state index in [1.165, 1.54) is 0 Å². The summed E-state index contributed by atoms with van der Waals surface area (Å²) >= 11 is 0. The number of likely N-dealkylation sites (tertiary alicyclic amines) is 2. The van der Waals surface area contributed by atoms with Gasteiger partial charge in [-0.15, -0.1) is 0 Å². The molecule has 2 amide bonds. The highest BCUT2D eigenvalue weighted by Gasteiger charge is 2.37.